The Morgan fingerprint density at radius 3 is 2.48 bits per heavy atom. The molecule has 0 bridgehead atoms. The fourth-order valence-corrected chi connectivity index (χ4v) is 2.66. The number of aliphatic hydroxyl groups is 1. The molecule has 0 aromatic heterocycles. The largest absolute Gasteiger partial charge is 0.389 e. The SMILES string of the molecule is C=C(/C=C(F)\C=C(/C)F)c1c(C(C)O)cc(Cl)c(C)c1C(=O)NCC. The zero-order valence-corrected chi connectivity index (χ0v) is 15.5. The van der Waals surface area contributed by atoms with Crippen LogP contribution in [0, 0.1) is 6.92 Å². The van der Waals surface area contributed by atoms with Crippen LogP contribution in [0.25, 0.3) is 5.57 Å². The normalized spacial score (nSPS) is 13.6. The Kier molecular flexibility index (Phi) is 7.52. The van der Waals surface area contributed by atoms with Crippen LogP contribution in [0.4, 0.5) is 8.78 Å². The van der Waals surface area contributed by atoms with Gasteiger partial charge >= 0.3 is 0 Å². The monoisotopic (exact) mass is 369 g/mol. The van der Waals surface area contributed by atoms with E-state index in [1.54, 1.807) is 13.8 Å². The lowest BCUT2D eigenvalue weighted by molar-refractivity contribution is 0.0954. The molecule has 25 heavy (non-hydrogen) atoms. The van der Waals surface area contributed by atoms with Gasteiger partial charge in [0.15, 0.2) is 0 Å². The highest BCUT2D eigenvalue weighted by Crippen LogP contribution is 2.35. The number of hydrogen-bond acceptors (Lipinski definition) is 2. The molecule has 0 aliphatic heterocycles. The molecule has 1 aromatic rings. The van der Waals surface area contributed by atoms with Gasteiger partial charge in [-0.2, -0.15) is 0 Å². The zero-order chi connectivity index (χ0) is 19.3. The lowest BCUT2D eigenvalue weighted by atomic mass is 9.88. The van der Waals surface area contributed by atoms with Crippen molar-refractivity contribution in [2.75, 3.05) is 6.54 Å². The quantitative estimate of drug-likeness (QED) is 0.678. The molecular weight excluding hydrogens is 348 g/mol. The number of aliphatic hydroxyl groups excluding tert-OH is 1. The van der Waals surface area contributed by atoms with Gasteiger partial charge < -0.3 is 10.4 Å². The van der Waals surface area contributed by atoms with Gasteiger partial charge in [0.05, 0.1) is 17.5 Å². The molecule has 0 aliphatic rings. The maximum atomic E-state index is 13.9. The first kappa shape index (κ1) is 21.1. The molecular formula is C19H22ClF2NO2. The Balaban J connectivity index is 3.70. The fraction of sp³-hybridized carbons (Fsp3) is 0.316. The number of amides is 1. The molecule has 0 fully saturated rings. The van der Waals surface area contributed by atoms with E-state index in [2.05, 4.69) is 11.9 Å². The molecule has 0 heterocycles. The van der Waals surface area contributed by atoms with Crippen molar-refractivity contribution >= 4 is 23.1 Å². The van der Waals surface area contributed by atoms with E-state index in [-0.39, 0.29) is 16.7 Å². The van der Waals surface area contributed by atoms with E-state index in [4.69, 9.17) is 11.6 Å². The van der Waals surface area contributed by atoms with Crippen molar-refractivity contribution in [3.8, 4) is 0 Å². The van der Waals surface area contributed by atoms with E-state index >= 15 is 0 Å². The molecule has 0 saturated carbocycles. The van der Waals surface area contributed by atoms with Crippen molar-refractivity contribution in [2.24, 2.45) is 0 Å². The minimum atomic E-state index is -0.965. The van der Waals surface area contributed by atoms with Crippen molar-refractivity contribution in [1.82, 2.24) is 5.32 Å². The van der Waals surface area contributed by atoms with Crippen LogP contribution in [-0.2, 0) is 0 Å². The number of benzene rings is 1. The first-order valence-corrected chi connectivity index (χ1v) is 8.17. The van der Waals surface area contributed by atoms with E-state index in [0.29, 0.717) is 28.8 Å². The van der Waals surface area contributed by atoms with Gasteiger partial charge in [0.1, 0.15) is 5.83 Å². The second-order valence-corrected chi connectivity index (χ2v) is 6.05. The summed E-state index contributed by atoms with van der Waals surface area (Å²) in [7, 11) is 0. The third-order valence-electron chi connectivity index (χ3n) is 3.54. The van der Waals surface area contributed by atoms with Crippen molar-refractivity contribution in [3.05, 3.63) is 63.7 Å². The fourth-order valence-electron chi connectivity index (χ4n) is 2.45. The predicted octanol–water partition coefficient (Wildman–Crippen LogP) is 5.19. The summed E-state index contributed by atoms with van der Waals surface area (Å²) in [4.78, 5) is 12.5. The Morgan fingerprint density at radius 1 is 1.40 bits per heavy atom. The topological polar surface area (TPSA) is 49.3 Å². The molecule has 0 radical (unpaired) electrons. The molecule has 2 N–H and O–H groups in total. The number of halogens is 3. The van der Waals surface area contributed by atoms with Crippen LogP contribution >= 0.6 is 11.6 Å². The van der Waals surface area contributed by atoms with Crippen LogP contribution in [0.1, 0.15) is 53.9 Å². The highest BCUT2D eigenvalue weighted by Gasteiger charge is 2.23. The van der Waals surface area contributed by atoms with E-state index in [1.165, 1.54) is 13.0 Å². The number of rotatable bonds is 6. The average Bonchev–Trinajstić information content (AvgIpc) is 2.47. The smallest absolute Gasteiger partial charge is 0.252 e. The van der Waals surface area contributed by atoms with Crippen LogP contribution in [0.5, 0.6) is 0 Å². The molecule has 6 heteroatoms. The molecule has 0 spiro atoms. The lowest BCUT2D eigenvalue weighted by Crippen LogP contribution is -2.25. The molecule has 1 amide bonds. The first-order chi connectivity index (χ1) is 11.6. The van der Waals surface area contributed by atoms with Crippen molar-refractivity contribution in [2.45, 2.75) is 33.8 Å². The number of nitrogens with one attached hydrogen (secondary N) is 1. The van der Waals surface area contributed by atoms with Crippen LogP contribution in [0.3, 0.4) is 0 Å². The van der Waals surface area contributed by atoms with Gasteiger partial charge in [-0.1, -0.05) is 18.2 Å². The Hall–Kier alpha value is -1.98. The summed E-state index contributed by atoms with van der Waals surface area (Å²) in [6, 6.07) is 1.52. The van der Waals surface area contributed by atoms with Crippen molar-refractivity contribution in [1.29, 1.82) is 0 Å². The third-order valence-corrected chi connectivity index (χ3v) is 3.93. The molecule has 136 valence electrons. The third kappa shape index (κ3) is 5.25. The number of allylic oxidation sites excluding steroid dienone is 5. The minimum Gasteiger partial charge on any atom is -0.389 e. The van der Waals surface area contributed by atoms with Crippen LogP contribution in [0.2, 0.25) is 5.02 Å². The second-order valence-electron chi connectivity index (χ2n) is 5.64. The second kappa shape index (κ2) is 8.92. The molecule has 1 rings (SSSR count). The first-order valence-electron chi connectivity index (χ1n) is 7.79. The van der Waals surface area contributed by atoms with E-state index in [1.807, 2.05) is 0 Å². The molecule has 1 unspecified atom stereocenters. The number of carbonyl (C=O) groups excluding carboxylic acids is 1. The summed E-state index contributed by atoms with van der Waals surface area (Å²) in [5.41, 5.74) is 1.45. The highest BCUT2D eigenvalue weighted by atomic mass is 35.5. The Bertz CT molecular complexity index is 748. The number of hydrogen-bond donors (Lipinski definition) is 2. The van der Waals surface area contributed by atoms with Crippen molar-refractivity contribution in [3.63, 3.8) is 0 Å². The van der Waals surface area contributed by atoms with Gasteiger partial charge in [0.2, 0.25) is 0 Å². The van der Waals surface area contributed by atoms with E-state index in [0.717, 1.165) is 13.0 Å². The van der Waals surface area contributed by atoms with Crippen LogP contribution in [-0.4, -0.2) is 17.6 Å². The number of carbonyl (C=O) groups is 1. The van der Waals surface area contributed by atoms with Gasteiger partial charge in [0, 0.05) is 23.2 Å². The molecule has 3 nitrogen and oxygen atoms in total. The van der Waals surface area contributed by atoms with Gasteiger partial charge in [-0.15, -0.1) is 0 Å². The van der Waals surface area contributed by atoms with Crippen LogP contribution in [0.15, 0.2) is 36.5 Å². The maximum Gasteiger partial charge on any atom is 0.252 e. The van der Waals surface area contributed by atoms with E-state index in [9.17, 15) is 18.7 Å². The van der Waals surface area contributed by atoms with Gasteiger partial charge in [0.25, 0.3) is 5.91 Å². The standard InChI is InChI=1S/C19H22ClF2NO2/c1-6-23-19(25)18-12(4)16(20)9-15(13(5)24)17(18)10(2)7-14(22)8-11(3)21/h7-9,13,24H,2,6H2,1,3-5H3,(H,23,25)/b11-8+,14-7+. The van der Waals surface area contributed by atoms with Crippen molar-refractivity contribution < 1.29 is 18.7 Å². The Morgan fingerprint density at radius 2 is 2.00 bits per heavy atom. The summed E-state index contributed by atoms with van der Waals surface area (Å²) in [6.45, 7) is 10.2. The van der Waals surface area contributed by atoms with Gasteiger partial charge in [-0.25, -0.2) is 8.78 Å². The zero-order valence-electron chi connectivity index (χ0n) is 14.7. The summed E-state index contributed by atoms with van der Waals surface area (Å²) in [6.07, 6.45) is 0.759. The summed E-state index contributed by atoms with van der Waals surface area (Å²) < 4.78 is 26.7. The Labute approximate surface area is 151 Å². The van der Waals surface area contributed by atoms with E-state index < -0.39 is 23.7 Å². The predicted molar refractivity (Wildman–Crippen MR) is 97.9 cm³/mol. The van der Waals surface area contributed by atoms with Crippen LogP contribution < -0.4 is 5.32 Å². The summed E-state index contributed by atoms with van der Waals surface area (Å²) in [5.74, 6) is -1.96. The summed E-state index contributed by atoms with van der Waals surface area (Å²) in [5, 5.41) is 13.0. The van der Waals surface area contributed by atoms with Gasteiger partial charge in [-0.05, 0) is 56.5 Å². The molecule has 0 aliphatic carbocycles. The maximum absolute atomic E-state index is 13.9. The summed E-state index contributed by atoms with van der Waals surface area (Å²) >= 11 is 6.19. The molecule has 0 saturated heterocycles. The molecule has 1 atom stereocenters. The molecule has 1 aromatic carbocycles. The lowest BCUT2D eigenvalue weighted by Gasteiger charge is -2.20. The van der Waals surface area contributed by atoms with Gasteiger partial charge in [-0.3, -0.25) is 4.79 Å². The average molecular weight is 370 g/mol. The highest BCUT2D eigenvalue weighted by molar-refractivity contribution is 6.32. The minimum absolute atomic E-state index is 0.131.